The molecule has 5 atom stereocenters. The van der Waals surface area contributed by atoms with Crippen LogP contribution in [0.2, 0.25) is 0 Å². The van der Waals surface area contributed by atoms with Gasteiger partial charge in [-0.15, -0.1) is 0 Å². The maximum Gasteiger partial charge on any atom is 0.222 e. The monoisotopic (exact) mass is 443 g/mol. The molecule has 1 amide bonds. The standard InChI is InChI=1S/C24H45NO6/c1-2-3-4-5-6-7-8-9-10-11-12-13-14-15-16-17-20(27)25-24-23(30)22(29)21(28)19(18-26)31-24/h9-10,19,21-24,26,28-30H,2-8,11-18H2,1H3,(H,25,27)/b10-9-/t19-,21-,22?,23?,24-/m1/s1. The van der Waals surface area contributed by atoms with Crippen LogP contribution in [0.5, 0.6) is 0 Å². The predicted molar refractivity (Wildman–Crippen MR) is 121 cm³/mol. The molecule has 1 rings (SSSR count). The second-order valence-electron chi connectivity index (χ2n) is 8.65. The fourth-order valence-electron chi connectivity index (χ4n) is 3.81. The van der Waals surface area contributed by atoms with Crippen molar-refractivity contribution in [1.29, 1.82) is 0 Å². The van der Waals surface area contributed by atoms with Crippen LogP contribution in [0.25, 0.3) is 0 Å². The number of allylic oxidation sites excluding steroid dienone is 2. The van der Waals surface area contributed by atoms with Crippen molar-refractivity contribution in [2.75, 3.05) is 6.61 Å². The molecule has 1 heterocycles. The average molecular weight is 444 g/mol. The van der Waals surface area contributed by atoms with Crippen LogP contribution in [0.3, 0.4) is 0 Å². The second-order valence-corrected chi connectivity index (χ2v) is 8.65. The molecule has 1 aliphatic rings. The number of hydrogen-bond donors (Lipinski definition) is 5. The maximum atomic E-state index is 12.1. The third-order valence-corrected chi connectivity index (χ3v) is 5.86. The van der Waals surface area contributed by atoms with Gasteiger partial charge in [-0.3, -0.25) is 4.79 Å². The lowest BCUT2D eigenvalue weighted by Gasteiger charge is -2.40. The molecule has 31 heavy (non-hydrogen) atoms. The van der Waals surface area contributed by atoms with Gasteiger partial charge in [-0.25, -0.2) is 0 Å². The highest BCUT2D eigenvalue weighted by molar-refractivity contribution is 5.76. The van der Waals surface area contributed by atoms with E-state index in [-0.39, 0.29) is 5.91 Å². The number of aliphatic hydroxyl groups excluding tert-OH is 4. The Morgan fingerprint density at radius 3 is 1.94 bits per heavy atom. The van der Waals surface area contributed by atoms with Gasteiger partial charge in [0.15, 0.2) is 6.23 Å². The summed E-state index contributed by atoms with van der Waals surface area (Å²) < 4.78 is 5.28. The van der Waals surface area contributed by atoms with E-state index in [0.717, 1.165) is 32.1 Å². The first kappa shape index (κ1) is 28.0. The highest BCUT2D eigenvalue weighted by Crippen LogP contribution is 2.20. The number of ether oxygens (including phenoxy) is 1. The van der Waals surface area contributed by atoms with Gasteiger partial charge < -0.3 is 30.5 Å². The van der Waals surface area contributed by atoms with E-state index in [9.17, 15) is 25.2 Å². The summed E-state index contributed by atoms with van der Waals surface area (Å²) in [6.07, 6.45) is 13.9. The topological polar surface area (TPSA) is 119 Å². The Hall–Kier alpha value is -0.990. The molecular formula is C24H45NO6. The van der Waals surface area contributed by atoms with Gasteiger partial charge >= 0.3 is 0 Å². The third-order valence-electron chi connectivity index (χ3n) is 5.86. The molecule has 5 N–H and O–H groups in total. The van der Waals surface area contributed by atoms with Crippen molar-refractivity contribution >= 4 is 5.91 Å². The summed E-state index contributed by atoms with van der Waals surface area (Å²) in [5.41, 5.74) is 0. The van der Waals surface area contributed by atoms with Gasteiger partial charge in [0.1, 0.15) is 24.4 Å². The average Bonchev–Trinajstić information content (AvgIpc) is 2.76. The summed E-state index contributed by atoms with van der Waals surface area (Å²) in [7, 11) is 0. The van der Waals surface area contributed by atoms with Gasteiger partial charge in [0.05, 0.1) is 6.61 Å². The van der Waals surface area contributed by atoms with Crippen molar-refractivity contribution in [3.05, 3.63) is 12.2 Å². The number of hydrogen-bond acceptors (Lipinski definition) is 6. The van der Waals surface area contributed by atoms with Gasteiger partial charge in [-0.2, -0.15) is 0 Å². The van der Waals surface area contributed by atoms with Gasteiger partial charge in [-0.1, -0.05) is 70.4 Å². The summed E-state index contributed by atoms with van der Waals surface area (Å²) in [5, 5.41) is 41.1. The Kier molecular flexibility index (Phi) is 15.9. The molecule has 2 unspecified atom stereocenters. The summed E-state index contributed by atoms with van der Waals surface area (Å²) >= 11 is 0. The van der Waals surface area contributed by atoms with Crippen molar-refractivity contribution < 1.29 is 30.0 Å². The van der Waals surface area contributed by atoms with E-state index in [4.69, 9.17) is 4.74 Å². The van der Waals surface area contributed by atoms with E-state index in [1.165, 1.54) is 51.4 Å². The SMILES string of the molecule is CCCCCCCC/C=C\CCCCCCCC(=O)N[C@@H]1O[C@H](CO)[C@@H](O)C(O)C1O. The van der Waals surface area contributed by atoms with Crippen molar-refractivity contribution in [3.8, 4) is 0 Å². The molecule has 0 spiro atoms. The first-order valence-corrected chi connectivity index (χ1v) is 12.3. The van der Waals surface area contributed by atoms with Crippen LogP contribution < -0.4 is 5.32 Å². The van der Waals surface area contributed by atoms with Crippen molar-refractivity contribution in [2.24, 2.45) is 0 Å². The zero-order valence-corrected chi connectivity index (χ0v) is 19.3. The Balaban J connectivity index is 1.99. The van der Waals surface area contributed by atoms with Crippen LogP contribution in [0.1, 0.15) is 96.8 Å². The molecule has 0 saturated carbocycles. The van der Waals surface area contributed by atoms with Crippen molar-refractivity contribution in [1.82, 2.24) is 5.32 Å². The fraction of sp³-hybridized carbons (Fsp3) is 0.875. The Labute approximate surface area is 187 Å². The maximum absolute atomic E-state index is 12.1. The molecule has 0 aromatic carbocycles. The quantitative estimate of drug-likeness (QED) is 0.174. The Morgan fingerprint density at radius 1 is 0.806 bits per heavy atom. The lowest BCUT2D eigenvalue weighted by molar-refractivity contribution is -0.236. The van der Waals surface area contributed by atoms with E-state index in [1.54, 1.807) is 0 Å². The van der Waals surface area contributed by atoms with E-state index in [2.05, 4.69) is 24.4 Å². The number of carbonyl (C=O) groups excluding carboxylic acids is 1. The number of nitrogens with one attached hydrogen (secondary N) is 1. The van der Waals surface area contributed by atoms with Gasteiger partial charge in [0.25, 0.3) is 0 Å². The molecule has 182 valence electrons. The second kappa shape index (κ2) is 17.6. The molecule has 0 aliphatic carbocycles. The molecule has 7 heteroatoms. The minimum absolute atomic E-state index is 0.276. The zero-order valence-electron chi connectivity index (χ0n) is 19.3. The minimum atomic E-state index is -1.48. The van der Waals surface area contributed by atoms with E-state index >= 15 is 0 Å². The molecule has 1 saturated heterocycles. The lowest BCUT2D eigenvalue weighted by atomic mass is 9.98. The molecule has 1 aliphatic heterocycles. The van der Waals surface area contributed by atoms with Crippen LogP contribution in [0.4, 0.5) is 0 Å². The smallest absolute Gasteiger partial charge is 0.222 e. The molecule has 1 fully saturated rings. The van der Waals surface area contributed by atoms with E-state index in [1.807, 2.05) is 0 Å². The minimum Gasteiger partial charge on any atom is -0.394 e. The largest absolute Gasteiger partial charge is 0.394 e. The van der Waals surface area contributed by atoms with Crippen LogP contribution in [-0.2, 0) is 9.53 Å². The summed E-state index contributed by atoms with van der Waals surface area (Å²) in [4.78, 5) is 12.1. The van der Waals surface area contributed by atoms with Crippen LogP contribution in [-0.4, -0.2) is 63.6 Å². The number of rotatable bonds is 17. The number of carbonyl (C=O) groups is 1. The summed E-state index contributed by atoms with van der Waals surface area (Å²) in [5.74, 6) is -0.276. The fourth-order valence-corrected chi connectivity index (χ4v) is 3.81. The first-order valence-electron chi connectivity index (χ1n) is 12.3. The number of unbranched alkanes of at least 4 members (excludes halogenated alkanes) is 11. The normalized spacial score (nSPS) is 26.4. The Morgan fingerprint density at radius 2 is 1.35 bits per heavy atom. The van der Waals surface area contributed by atoms with Crippen molar-refractivity contribution in [3.63, 3.8) is 0 Å². The van der Waals surface area contributed by atoms with Crippen LogP contribution in [0.15, 0.2) is 12.2 Å². The summed E-state index contributed by atoms with van der Waals surface area (Å²) in [6.45, 7) is 1.74. The summed E-state index contributed by atoms with van der Waals surface area (Å²) in [6, 6.07) is 0. The predicted octanol–water partition coefficient (Wildman–Crippen LogP) is 2.94. The Bertz CT molecular complexity index is 485. The highest BCUT2D eigenvalue weighted by atomic mass is 16.6. The number of amides is 1. The van der Waals surface area contributed by atoms with E-state index in [0.29, 0.717) is 6.42 Å². The third kappa shape index (κ3) is 12.0. The van der Waals surface area contributed by atoms with Crippen LogP contribution in [0, 0.1) is 0 Å². The van der Waals surface area contributed by atoms with E-state index < -0.39 is 37.3 Å². The molecular weight excluding hydrogens is 398 g/mol. The van der Waals surface area contributed by atoms with Gasteiger partial charge in [0.2, 0.25) is 5.91 Å². The molecule has 0 bridgehead atoms. The lowest BCUT2D eigenvalue weighted by Crippen LogP contribution is -2.63. The molecule has 0 radical (unpaired) electrons. The van der Waals surface area contributed by atoms with Crippen LogP contribution >= 0.6 is 0 Å². The number of aliphatic hydroxyl groups is 4. The first-order chi connectivity index (χ1) is 15.0. The molecule has 7 nitrogen and oxygen atoms in total. The van der Waals surface area contributed by atoms with Crippen molar-refractivity contribution in [2.45, 2.75) is 127 Å². The highest BCUT2D eigenvalue weighted by Gasteiger charge is 2.43. The van der Waals surface area contributed by atoms with Gasteiger partial charge in [0, 0.05) is 6.42 Å². The van der Waals surface area contributed by atoms with Gasteiger partial charge in [-0.05, 0) is 32.1 Å². The molecule has 0 aromatic rings. The zero-order chi connectivity index (χ0) is 22.9. The molecule has 0 aromatic heterocycles.